The minimum Gasteiger partial charge on any atom is -0.294 e. The van der Waals surface area contributed by atoms with Crippen LogP contribution in [-0.2, 0) is 6.42 Å². The number of nitro groups is 1. The highest BCUT2D eigenvalue weighted by molar-refractivity contribution is 9.10. The van der Waals surface area contributed by atoms with E-state index in [0.29, 0.717) is 16.1 Å². The maximum absolute atomic E-state index is 12.2. The molecule has 0 atom stereocenters. The van der Waals surface area contributed by atoms with E-state index in [1.54, 1.807) is 36.4 Å². The molecule has 0 spiro atoms. The molecule has 0 aliphatic carbocycles. The summed E-state index contributed by atoms with van der Waals surface area (Å²) in [6.07, 6.45) is -0.0570. The predicted octanol–water partition coefficient (Wildman–Crippen LogP) is 4.44. The molecule has 0 aromatic heterocycles. The van der Waals surface area contributed by atoms with Crippen molar-refractivity contribution in [2.45, 2.75) is 6.42 Å². The van der Waals surface area contributed by atoms with Crippen LogP contribution in [0.15, 0.2) is 46.9 Å². The lowest BCUT2D eigenvalue weighted by Gasteiger charge is -2.05. The van der Waals surface area contributed by atoms with E-state index < -0.39 is 4.92 Å². The lowest BCUT2D eigenvalue weighted by atomic mass is 10.0. The number of benzene rings is 2. The first-order valence-corrected chi connectivity index (χ1v) is 6.86. The van der Waals surface area contributed by atoms with Gasteiger partial charge in [-0.1, -0.05) is 45.7 Å². The molecule has 0 aliphatic heterocycles. The summed E-state index contributed by atoms with van der Waals surface area (Å²) in [6.45, 7) is 0. The smallest absolute Gasteiger partial charge is 0.273 e. The summed E-state index contributed by atoms with van der Waals surface area (Å²) in [6, 6.07) is 11.1. The predicted molar refractivity (Wildman–Crippen MR) is 80.3 cm³/mol. The highest BCUT2D eigenvalue weighted by Gasteiger charge is 2.18. The number of nitrogens with zero attached hydrogens (tertiary/aromatic N) is 1. The van der Waals surface area contributed by atoms with Gasteiger partial charge in [-0.05, 0) is 18.2 Å². The molecule has 102 valence electrons. The number of carbonyl (C=O) groups excluding carboxylic acids is 1. The third-order valence-electron chi connectivity index (χ3n) is 2.77. The third kappa shape index (κ3) is 3.23. The number of hydrogen-bond acceptors (Lipinski definition) is 3. The summed E-state index contributed by atoms with van der Waals surface area (Å²) < 4.78 is 0.768. The summed E-state index contributed by atoms with van der Waals surface area (Å²) in [4.78, 5) is 22.6. The van der Waals surface area contributed by atoms with Gasteiger partial charge in [0.25, 0.3) is 5.69 Å². The average Bonchev–Trinajstić information content (AvgIpc) is 2.38. The SMILES string of the molecule is O=C(Cc1ccccc1[N+](=O)[O-])c1ccc(Br)cc1Cl. The Morgan fingerprint density at radius 1 is 1.25 bits per heavy atom. The van der Waals surface area contributed by atoms with Gasteiger partial charge >= 0.3 is 0 Å². The number of Topliss-reactive ketones (excluding diaryl/α,β-unsaturated/α-hetero) is 1. The first-order chi connectivity index (χ1) is 9.49. The molecule has 0 radical (unpaired) electrons. The molecule has 2 aromatic rings. The Bertz CT molecular complexity index is 688. The largest absolute Gasteiger partial charge is 0.294 e. The monoisotopic (exact) mass is 353 g/mol. The normalized spacial score (nSPS) is 10.3. The Hall–Kier alpha value is -1.72. The van der Waals surface area contributed by atoms with E-state index >= 15 is 0 Å². The van der Waals surface area contributed by atoms with Crippen LogP contribution >= 0.6 is 27.5 Å². The first-order valence-electron chi connectivity index (χ1n) is 5.69. The fraction of sp³-hybridized carbons (Fsp3) is 0.0714. The van der Waals surface area contributed by atoms with E-state index in [4.69, 9.17) is 11.6 Å². The van der Waals surface area contributed by atoms with E-state index in [-0.39, 0.29) is 17.9 Å². The van der Waals surface area contributed by atoms with E-state index in [2.05, 4.69) is 15.9 Å². The van der Waals surface area contributed by atoms with Crippen LogP contribution in [0.1, 0.15) is 15.9 Å². The second-order valence-corrected chi connectivity index (χ2v) is 5.43. The van der Waals surface area contributed by atoms with Crippen LogP contribution in [0.2, 0.25) is 5.02 Å². The molecule has 0 bridgehead atoms. The Morgan fingerprint density at radius 3 is 2.60 bits per heavy atom. The number of carbonyl (C=O) groups is 1. The van der Waals surface area contributed by atoms with Crippen LogP contribution in [0.3, 0.4) is 0 Å². The van der Waals surface area contributed by atoms with Gasteiger partial charge in [-0.15, -0.1) is 0 Å². The maximum Gasteiger partial charge on any atom is 0.273 e. The van der Waals surface area contributed by atoms with Crippen molar-refractivity contribution in [1.82, 2.24) is 0 Å². The summed E-state index contributed by atoms with van der Waals surface area (Å²) >= 11 is 9.27. The molecule has 6 heteroatoms. The first kappa shape index (κ1) is 14.7. The summed E-state index contributed by atoms with van der Waals surface area (Å²) in [5.41, 5.74) is 0.670. The number of rotatable bonds is 4. The highest BCUT2D eigenvalue weighted by Crippen LogP contribution is 2.25. The Kier molecular flexibility index (Phi) is 4.52. The van der Waals surface area contributed by atoms with Crippen molar-refractivity contribution in [3.63, 3.8) is 0 Å². The standard InChI is InChI=1S/C14H9BrClNO3/c15-10-5-6-11(12(16)8-10)14(18)7-9-3-1-2-4-13(9)17(19)20/h1-6,8H,7H2. The van der Waals surface area contributed by atoms with Crippen LogP contribution in [-0.4, -0.2) is 10.7 Å². The molecule has 0 heterocycles. The third-order valence-corrected chi connectivity index (χ3v) is 3.58. The molecule has 0 amide bonds. The van der Waals surface area contributed by atoms with Crippen molar-refractivity contribution in [2.24, 2.45) is 0 Å². The van der Waals surface area contributed by atoms with Gasteiger partial charge in [0.15, 0.2) is 5.78 Å². The minimum absolute atomic E-state index is 0.0570. The van der Waals surface area contributed by atoms with Gasteiger partial charge < -0.3 is 0 Å². The Labute approximate surface area is 128 Å². The zero-order valence-corrected chi connectivity index (χ0v) is 12.5. The second-order valence-electron chi connectivity index (χ2n) is 4.11. The van der Waals surface area contributed by atoms with Crippen LogP contribution < -0.4 is 0 Å². The van der Waals surface area contributed by atoms with E-state index in [1.807, 2.05) is 0 Å². The summed E-state index contributed by atoms with van der Waals surface area (Å²) in [5, 5.41) is 11.2. The van der Waals surface area contributed by atoms with Gasteiger partial charge in [-0.25, -0.2) is 0 Å². The van der Waals surface area contributed by atoms with E-state index in [9.17, 15) is 14.9 Å². The summed E-state index contributed by atoms with van der Waals surface area (Å²) in [5.74, 6) is -0.253. The van der Waals surface area contributed by atoms with Crippen molar-refractivity contribution in [3.05, 3.63) is 73.2 Å². The zero-order valence-electron chi connectivity index (χ0n) is 10.2. The number of nitro benzene ring substituents is 1. The quantitative estimate of drug-likeness (QED) is 0.463. The molecule has 20 heavy (non-hydrogen) atoms. The van der Waals surface area contributed by atoms with Gasteiger partial charge in [0, 0.05) is 28.1 Å². The Balaban J connectivity index is 2.30. The average molecular weight is 355 g/mol. The topological polar surface area (TPSA) is 60.2 Å². The van der Waals surface area contributed by atoms with Gasteiger partial charge in [-0.2, -0.15) is 0 Å². The number of hydrogen-bond donors (Lipinski definition) is 0. The molecule has 0 fully saturated rings. The Morgan fingerprint density at radius 2 is 1.95 bits per heavy atom. The minimum atomic E-state index is -0.494. The molecule has 0 N–H and O–H groups in total. The van der Waals surface area contributed by atoms with Gasteiger partial charge in [0.05, 0.1) is 9.95 Å². The molecular weight excluding hydrogens is 346 g/mol. The van der Waals surface area contributed by atoms with Crippen molar-refractivity contribution in [1.29, 1.82) is 0 Å². The molecular formula is C14H9BrClNO3. The maximum atomic E-state index is 12.2. The lowest BCUT2D eigenvalue weighted by molar-refractivity contribution is -0.385. The van der Waals surface area contributed by atoms with Gasteiger partial charge in [0.1, 0.15) is 0 Å². The molecule has 0 unspecified atom stereocenters. The van der Waals surface area contributed by atoms with Crippen molar-refractivity contribution < 1.29 is 9.72 Å². The van der Waals surface area contributed by atoms with Crippen LogP contribution in [0.5, 0.6) is 0 Å². The fourth-order valence-electron chi connectivity index (χ4n) is 1.82. The number of para-hydroxylation sites is 1. The molecule has 4 nitrogen and oxygen atoms in total. The molecule has 0 saturated carbocycles. The van der Waals surface area contributed by atoms with E-state index in [0.717, 1.165) is 4.47 Å². The van der Waals surface area contributed by atoms with Gasteiger partial charge in [-0.3, -0.25) is 14.9 Å². The number of ketones is 1. The number of halogens is 2. The lowest BCUT2D eigenvalue weighted by Crippen LogP contribution is -2.06. The molecule has 2 rings (SSSR count). The van der Waals surface area contributed by atoms with Crippen LogP contribution in [0, 0.1) is 10.1 Å². The molecule has 0 aliphatic rings. The van der Waals surface area contributed by atoms with Gasteiger partial charge in [0.2, 0.25) is 0 Å². The van der Waals surface area contributed by atoms with Crippen LogP contribution in [0.25, 0.3) is 0 Å². The van der Waals surface area contributed by atoms with Crippen molar-refractivity contribution in [3.8, 4) is 0 Å². The van der Waals surface area contributed by atoms with Crippen molar-refractivity contribution in [2.75, 3.05) is 0 Å². The van der Waals surface area contributed by atoms with Crippen LogP contribution in [0.4, 0.5) is 5.69 Å². The van der Waals surface area contributed by atoms with Crippen molar-refractivity contribution >= 4 is 39.0 Å². The second kappa shape index (κ2) is 6.15. The molecule has 0 saturated heterocycles. The zero-order chi connectivity index (χ0) is 14.7. The highest BCUT2D eigenvalue weighted by atomic mass is 79.9. The summed E-state index contributed by atoms with van der Waals surface area (Å²) in [7, 11) is 0. The van der Waals surface area contributed by atoms with E-state index in [1.165, 1.54) is 6.07 Å². The molecule has 2 aromatic carbocycles. The fourth-order valence-corrected chi connectivity index (χ4v) is 2.60.